The van der Waals surface area contributed by atoms with Crippen LogP contribution in [0.5, 0.6) is 0 Å². The topological polar surface area (TPSA) is 83.6 Å². The predicted molar refractivity (Wildman–Crippen MR) is 96.2 cm³/mol. The molecule has 0 spiro atoms. The number of hydrogen-bond donors (Lipinski definition) is 1. The Morgan fingerprint density at radius 2 is 2.00 bits per heavy atom. The van der Waals surface area contributed by atoms with Crippen molar-refractivity contribution in [1.29, 1.82) is 0 Å². The van der Waals surface area contributed by atoms with Crippen molar-refractivity contribution in [2.75, 3.05) is 23.9 Å². The lowest BCUT2D eigenvalue weighted by atomic mass is 10.2. The van der Waals surface area contributed by atoms with Crippen molar-refractivity contribution in [1.82, 2.24) is 4.90 Å². The van der Waals surface area contributed by atoms with Crippen LogP contribution in [0.25, 0.3) is 0 Å². The molecule has 0 bridgehead atoms. The second kappa shape index (κ2) is 6.61. The number of anilines is 1. The Hall–Kier alpha value is -1.60. The number of rotatable bonds is 4. The highest BCUT2D eigenvalue weighted by atomic mass is 35.5. The van der Waals surface area contributed by atoms with Gasteiger partial charge in [-0.25, -0.2) is 8.42 Å². The molecule has 1 N–H and O–H groups in total. The molecule has 1 saturated heterocycles. The molecule has 25 heavy (non-hydrogen) atoms. The van der Waals surface area contributed by atoms with Gasteiger partial charge >= 0.3 is 0 Å². The first kappa shape index (κ1) is 18.2. The van der Waals surface area contributed by atoms with Crippen molar-refractivity contribution in [2.24, 2.45) is 11.8 Å². The lowest BCUT2D eigenvalue weighted by Crippen LogP contribution is -2.39. The van der Waals surface area contributed by atoms with Gasteiger partial charge in [0.1, 0.15) is 0 Å². The maximum Gasteiger partial charge on any atom is 0.228 e. The number of amides is 2. The van der Waals surface area contributed by atoms with E-state index >= 15 is 0 Å². The van der Waals surface area contributed by atoms with E-state index in [1.807, 2.05) is 13.0 Å². The number of carbonyl (C=O) groups excluding carboxylic acids is 2. The van der Waals surface area contributed by atoms with Gasteiger partial charge in [-0.3, -0.25) is 9.59 Å². The average molecular weight is 385 g/mol. The second-order valence-corrected chi connectivity index (χ2v) is 9.54. The van der Waals surface area contributed by atoms with Crippen LogP contribution in [0.4, 0.5) is 5.69 Å². The van der Waals surface area contributed by atoms with Gasteiger partial charge in [-0.15, -0.1) is 0 Å². The van der Waals surface area contributed by atoms with Crippen molar-refractivity contribution < 1.29 is 18.0 Å². The van der Waals surface area contributed by atoms with Crippen LogP contribution in [-0.4, -0.2) is 49.7 Å². The van der Waals surface area contributed by atoms with Crippen molar-refractivity contribution in [2.45, 2.75) is 25.8 Å². The van der Waals surface area contributed by atoms with Gasteiger partial charge in [0.05, 0.1) is 23.3 Å². The fourth-order valence-corrected chi connectivity index (χ4v) is 5.14. The van der Waals surface area contributed by atoms with Gasteiger partial charge in [-0.05, 0) is 37.5 Å². The Morgan fingerprint density at radius 1 is 1.28 bits per heavy atom. The summed E-state index contributed by atoms with van der Waals surface area (Å²) in [6.45, 7) is 1.88. The number of carbonyl (C=O) groups is 2. The standard InChI is InChI=1S/C17H21ClN2O4S/c1-10-3-4-11(7-15(10)18)19-16(21)13-8-14(13)17(22)20(2)12-5-6-25(23,24)9-12/h3-4,7,12-14H,5-6,8-9H2,1-2H3,(H,19,21). The van der Waals surface area contributed by atoms with E-state index in [1.165, 1.54) is 4.90 Å². The molecule has 2 fully saturated rings. The summed E-state index contributed by atoms with van der Waals surface area (Å²) in [5.41, 5.74) is 1.53. The largest absolute Gasteiger partial charge is 0.341 e. The lowest BCUT2D eigenvalue weighted by Gasteiger charge is -2.23. The van der Waals surface area contributed by atoms with Crippen molar-refractivity contribution >= 4 is 38.9 Å². The zero-order chi connectivity index (χ0) is 18.4. The van der Waals surface area contributed by atoms with Crippen molar-refractivity contribution in [3.8, 4) is 0 Å². The molecule has 6 nitrogen and oxygen atoms in total. The number of sulfone groups is 1. The number of nitrogens with one attached hydrogen (secondary N) is 1. The van der Waals surface area contributed by atoms with Crippen LogP contribution in [0.3, 0.4) is 0 Å². The Balaban J connectivity index is 1.57. The summed E-state index contributed by atoms with van der Waals surface area (Å²) in [5.74, 6) is -0.948. The van der Waals surface area contributed by atoms with Gasteiger partial charge < -0.3 is 10.2 Å². The summed E-state index contributed by atoms with van der Waals surface area (Å²) < 4.78 is 23.1. The highest BCUT2D eigenvalue weighted by Gasteiger charge is 2.50. The van der Waals surface area contributed by atoms with E-state index in [1.54, 1.807) is 19.2 Å². The summed E-state index contributed by atoms with van der Waals surface area (Å²) in [6, 6.07) is 5.00. The van der Waals surface area contributed by atoms with E-state index < -0.39 is 9.84 Å². The third-order valence-corrected chi connectivity index (χ3v) is 7.15. The second-order valence-electron chi connectivity index (χ2n) is 6.91. The zero-order valence-electron chi connectivity index (χ0n) is 14.2. The molecule has 1 aliphatic carbocycles. The minimum absolute atomic E-state index is 0.0146. The smallest absolute Gasteiger partial charge is 0.228 e. The van der Waals surface area contributed by atoms with Crippen molar-refractivity contribution in [3.05, 3.63) is 28.8 Å². The van der Waals surface area contributed by atoms with Gasteiger partial charge in [0.15, 0.2) is 9.84 Å². The van der Waals surface area contributed by atoms with Crippen LogP contribution in [0, 0.1) is 18.8 Å². The Kier molecular flexibility index (Phi) is 4.81. The molecular weight excluding hydrogens is 364 g/mol. The van der Waals surface area contributed by atoms with E-state index in [2.05, 4.69) is 5.32 Å². The molecule has 1 heterocycles. The van der Waals surface area contributed by atoms with E-state index in [4.69, 9.17) is 11.6 Å². The third kappa shape index (κ3) is 3.98. The summed E-state index contributed by atoms with van der Waals surface area (Å²) in [4.78, 5) is 26.3. The molecule has 1 aliphatic heterocycles. The number of halogens is 1. The third-order valence-electron chi connectivity index (χ3n) is 4.99. The van der Waals surface area contributed by atoms with Crippen LogP contribution >= 0.6 is 11.6 Å². The van der Waals surface area contributed by atoms with Crippen LogP contribution in [-0.2, 0) is 19.4 Å². The number of hydrogen-bond acceptors (Lipinski definition) is 4. The van der Waals surface area contributed by atoms with Crippen LogP contribution in [0.1, 0.15) is 18.4 Å². The molecule has 1 aromatic rings. The highest BCUT2D eigenvalue weighted by Crippen LogP contribution is 2.41. The molecule has 1 aromatic carbocycles. The van der Waals surface area contributed by atoms with Crippen molar-refractivity contribution in [3.63, 3.8) is 0 Å². The quantitative estimate of drug-likeness (QED) is 0.858. The van der Waals surface area contributed by atoms with Gasteiger partial charge in [-0.1, -0.05) is 17.7 Å². The normalized spacial score (nSPS) is 26.9. The Labute approximate surface area is 152 Å². The van der Waals surface area contributed by atoms with Gasteiger partial charge in [0.2, 0.25) is 11.8 Å². The maximum absolute atomic E-state index is 12.5. The van der Waals surface area contributed by atoms with Crippen LogP contribution in [0.15, 0.2) is 18.2 Å². The van der Waals surface area contributed by atoms with E-state index in [9.17, 15) is 18.0 Å². The molecule has 8 heteroatoms. The lowest BCUT2D eigenvalue weighted by molar-refractivity contribution is -0.134. The van der Waals surface area contributed by atoms with Crippen LogP contribution < -0.4 is 5.32 Å². The van der Waals surface area contributed by atoms with Gasteiger partial charge in [-0.2, -0.15) is 0 Å². The molecule has 1 saturated carbocycles. The first-order valence-electron chi connectivity index (χ1n) is 8.22. The van der Waals surface area contributed by atoms with Gasteiger partial charge in [0, 0.05) is 23.8 Å². The summed E-state index contributed by atoms with van der Waals surface area (Å²) in [7, 11) is -1.42. The molecule has 0 aromatic heterocycles. The molecular formula is C17H21ClN2O4S. The monoisotopic (exact) mass is 384 g/mol. The van der Waals surface area contributed by atoms with E-state index in [0.29, 0.717) is 23.6 Å². The summed E-state index contributed by atoms with van der Waals surface area (Å²) >= 11 is 6.05. The number of benzene rings is 1. The average Bonchev–Trinajstić information content (AvgIpc) is 3.27. The summed E-state index contributed by atoms with van der Waals surface area (Å²) in [5, 5.41) is 3.36. The minimum atomic E-state index is -3.04. The molecule has 0 radical (unpaired) electrons. The molecule has 3 unspecified atom stereocenters. The van der Waals surface area contributed by atoms with Crippen LogP contribution in [0.2, 0.25) is 5.02 Å². The highest BCUT2D eigenvalue weighted by molar-refractivity contribution is 7.91. The SMILES string of the molecule is Cc1ccc(NC(=O)C2CC2C(=O)N(C)C2CCS(=O)(=O)C2)cc1Cl. The predicted octanol–water partition coefficient (Wildman–Crippen LogP) is 1.87. The maximum atomic E-state index is 12.5. The number of aryl methyl sites for hydroxylation is 1. The van der Waals surface area contributed by atoms with Gasteiger partial charge in [0.25, 0.3) is 0 Å². The molecule has 136 valence electrons. The Morgan fingerprint density at radius 3 is 2.60 bits per heavy atom. The fraction of sp³-hybridized carbons (Fsp3) is 0.529. The minimum Gasteiger partial charge on any atom is -0.341 e. The molecule has 2 aliphatic rings. The van der Waals surface area contributed by atoms with E-state index in [0.717, 1.165) is 5.56 Å². The molecule has 3 atom stereocenters. The summed E-state index contributed by atoms with van der Waals surface area (Å²) in [6.07, 6.45) is 0.962. The Bertz CT molecular complexity index is 824. The first-order chi connectivity index (χ1) is 11.7. The zero-order valence-corrected chi connectivity index (χ0v) is 15.7. The first-order valence-corrected chi connectivity index (χ1v) is 10.4. The molecule has 3 rings (SSSR count). The number of nitrogens with zero attached hydrogens (tertiary/aromatic N) is 1. The fourth-order valence-electron chi connectivity index (χ4n) is 3.19. The van der Waals surface area contributed by atoms with E-state index in [-0.39, 0.29) is 41.2 Å². The molecule has 2 amide bonds.